The smallest absolute Gasteiger partial charge is 0.289 e. The van der Waals surface area contributed by atoms with E-state index in [1.165, 1.54) is 24.7 Å². The highest BCUT2D eigenvalue weighted by molar-refractivity contribution is 7.89. The molecule has 1 amide bonds. The van der Waals surface area contributed by atoms with E-state index >= 15 is 0 Å². The highest BCUT2D eigenvalue weighted by atomic mass is 32.2. The highest BCUT2D eigenvalue weighted by Crippen LogP contribution is 2.17. The molecule has 1 aliphatic rings. The third-order valence-corrected chi connectivity index (χ3v) is 5.52. The van der Waals surface area contributed by atoms with Crippen LogP contribution in [-0.4, -0.2) is 57.4 Å². The topological polar surface area (TPSA) is 82.9 Å². The minimum Gasteiger partial charge on any atom is -0.438 e. The molecule has 8 heteroatoms. The van der Waals surface area contributed by atoms with Gasteiger partial charge in [-0.1, -0.05) is 30.3 Å². The van der Waals surface area contributed by atoms with Crippen molar-refractivity contribution in [1.29, 1.82) is 0 Å². The minimum absolute atomic E-state index is 0.0466. The number of benzene rings is 1. The summed E-state index contributed by atoms with van der Waals surface area (Å²) in [5.74, 6) is -0.234. The first-order valence-electron chi connectivity index (χ1n) is 8.08. The molecule has 1 fully saturated rings. The summed E-state index contributed by atoms with van der Waals surface area (Å²) in [7, 11) is -2.38. The van der Waals surface area contributed by atoms with Crippen molar-refractivity contribution in [2.75, 3.05) is 33.2 Å². The molecule has 25 heavy (non-hydrogen) atoms. The van der Waals surface area contributed by atoms with Crippen LogP contribution in [0.1, 0.15) is 16.1 Å². The fourth-order valence-electron chi connectivity index (χ4n) is 2.79. The van der Waals surface area contributed by atoms with Crippen molar-refractivity contribution in [2.45, 2.75) is 11.6 Å². The first-order chi connectivity index (χ1) is 12.0. The lowest BCUT2D eigenvalue weighted by Crippen LogP contribution is -2.48. The average Bonchev–Trinajstić information content (AvgIpc) is 3.14. The quantitative estimate of drug-likeness (QED) is 0.862. The molecule has 0 unspecified atom stereocenters. The van der Waals surface area contributed by atoms with Gasteiger partial charge in [-0.2, -0.15) is 0 Å². The van der Waals surface area contributed by atoms with E-state index in [9.17, 15) is 13.2 Å². The summed E-state index contributed by atoms with van der Waals surface area (Å²) in [4.78, 5) is 16.5. The zero-order chi connectivity index (χ0) is 17.9. The molecule has 2 heterocycles. The van der Waals surface area contributed by atoms with Crippen molar-refractivity contribution in [1.82, 2.24) is 14.5 Å². The Bertz CT molecular complexity index is 825. The number of hydrogen-bond donors (Lipinski definition) is 1. The van der Waals surface area contributed by atoms with Crippen molar-refractivity contribution in [2.24, 2.45) is 0 Å². The summed E-state index contributed by atoms with van der Waals surface area (Å²) in [6, 6.07) is 12.9. The fraction of sp³-hybridized carbons (Fsp3) is 0.353. The molecular formula is C17H21N3O4S. The normalized spacial score (nSPS) is 16.1. The Morgan fingerprint density at radius 2 is 1.76 bits per heavy atom. The number of carbonyl (C=O) groups excluding carboxylic acids is 1. The minimum atomic E-state index is -3.68. The second kappa shape index (κ2) is 7.38. The van der Waals surface area contributed by atoms with Crippen LogP contribution in [0.2, 0.25) is 0 Å². The van der Waals surface area contributed by atoms with Gasteiger partial charge in [0.25, 0.3) is 15.9 Å². The van der Waals surface area contributed by atoms with Crippen molar-refractivity contribution >= 4 is 15.9 Å². The predicted octanol–water partition coefficient (Wildman–Crippen LogP) is 1.15. The van der Waals surface area contributed by atoms with Crippen molar-refractivity contribution in [3.05, 3.63) is 53.8 Å². The SMILES string of the molecule is CNS(=O)(=O)c1ccc(C(=O)N2CCN(Cc3ccccc3)CC2)o1. The van der Waals surface area contributed by atoms with E-state index < -0.39 is 10.0 Å². The molecule has 0 aliphatic carbocycles. The summed E-state index contributed by atoms with van der Waals surface area (Å²) in [5.41, 5.74) is 1.25. The third kappa shape index (κ3) is 4.09. The van der Waals surface area contributed by atoms with Crippen molar-refractivity contribution in [3.8, 4) is 0 Å². The lowest BCUT2D eigenvalue weighted by atomic mass is 10.2. The number of nitrogens with one attached hydrogen (secondary N) is 1. The molecule has 2 aromatic rings. The molecule has 134 valence electrons. The molecule has 0 radical (unpaired) electrons. The second-order valence-electron chi connectivity index (χ2n) is 5.88. The highest BCUT2D eigenvalue weighted by Gasteiger charge is 2.26. The monoisotopic (exact) mass is 363 g/mol. The van der Waals surface area contributed by atoms with E-state index in [1.54, 1.807) is 4.90 Å². The van der Waals surface area contributed by atoms with E-state index in [2.05, 4.69) is 21.8 Å². The first kappa shape index (κ1) is 17.7. The van der Waals surface area contributed by atoms with Crippen LogP contribution in [0.15, 0.2) is 52.0 Å². The van der Waals surface area contributed by atoms with Crippen LogP contribution in [0.3, 0.4) is 0 Å². The molecule has 7 nitrogen and oxygen atoms in total. The first-order valence-corrected chi connectivity index (χ1v) is 9.57. The van der Waals surface area contributed by atoms with E-state index in [0.717, 1.165) is 19.6 Å². The standard InChI is InChI=1S/C17H21N3O4S/c1-18-25(22,23)16-8-7-15(24-16)17(21)20-11-9-19(10-12-20)13-14-5-3-2-4-6-14/h2-8,18H,9-13H2,1H3. The lowest BCUT2D eigenvalue weighted by Gasteiger charge is -2.34. The van der Waals surface area contributed by atoms with Crippen LogP contribution in [0.25, 0.3) is 0 Å². The number of hydrogen-bond acceptors (Lipinski definition) is 5. The number of amides is 1. The number of nitrogens with zero attached hydrogens (tertiary/aromatic N) is 2. The Kier molecular flexibility index (Phi) is 5.22. The maximum absolute atomic E-state index is 12.5. The lowest BCUT2D eigenvalue weighted by molar-refractivity contribution is 0.0592. The summed E-state index contributed by atoms with van der Waals surface area (Å²) >= 11 is 0. The van der Waals surface area contributed by atoms with Gasteiger partial charge in [0.05, 0.1) is 0 Å². The van der Waals surface area contributed by atoms with E-state index in [4.69, 9.17) is 4.42 Å². The van der Waals surface area contributed by atoms with Crippen LogP contribution < -0.4 is 4.72 Å². The molecule has 1 saturated heterocycles. The predicted molar refractivity (Wildman–Crippen MR) is 92.6 cm³/mol. The van der Waals surface area contributed by atoms with Gasteiger partial charge in [0.15, 0.2) is 5.76 Å². The Balaban J connectivity index is 1.58. The summed E-state index contributed by atoms with van der Waals surface area (Å²) < 4.78 is 30.8. The molecule has 0 bridgehead atoms. The van der Waals surface area contributed by atoms with Crippen LogP contribution >= 0.6 is 0 Å². The summed E-state index contributed by atoms with van der Waals surface area (Å²) in [6.45, 7) is 3.56. The van der Waals surface area contributed by atoms with Crippen LogP contribution in [0.4, 0.5) is 0 Å². The van der Waals surface area contributed by atoms with Gasteiger partial charge in [0.2, 0.25) is 5.09 Å². The van der Waals surface area contributed by atoms with Gasteiger partial charge in [0, 0.05) is 32.7 Å². The van der Waals surface area contributed by atoms with Gasteiger partial charge in [-0.3, -0.25) is 9.69 Å². The van der Waals surface area contributed by atoms with Gasteiger partial charge in [-0.15, -0.1) is 0 Å². The largest absolute Gasteiger partial charge is 0.438 e. The summed E-state index contributed by atoms with van der Waals surface area (Å²) in [6.07, 6.45) is 0. The maximum atomic E-state index is 12.5. The van der Waals surface area contributed by atoms with Gasteiger partial charge >= 0.3 is 0 Å². The van der Waals surface area contributed by atoms with Crippen LogP contribution in [0, 0.1) is 0 Å². The molecule has 1 aliphatic heterocycles. The molecule has 0 saturated carbocycles. The molecule has 1 aromatic carbocycles. The molecule has 1 aromatic heterocycles. The molecular weight excluding hydrogens is 342 g/mol. The Morgan fingerprint density at radius 1 is 1.08 bits per heavy atom. The van der Waals surface area contributed by atoms with Crippen LogP contribution in [0.5, 0.6) is 0 Å². The Labute approximate surface area is 147 Å². The van der Waals surface area contributed by atoms with E-state index in [0.29, 0.717) is 13.1 Å². The molecule has 3 rings (SSSR count). The fourth-order valence-corrected chi connectivity index (χ4v) is 3.43. The number of rotatable bonds is 5. The second-order valence-corrected chi connectivity index (χ2v) is 7.70. The Morgan fingerprint density at radius 3 is 2.40 bits per heavy atom. The third-order valence-electron chi connectivity index (χ3n) is 4.23. The van der Waals surface area contributed by atoms with Gasteiger partial charge in [0.1, 0.15) is 0 Å². The average molecular weight is 363 g/mol. The van der Waals surface area contributed by atoms with E-state index in [1.807, 2.05) is 18.2 Å². The number of piperazine rings is 1. The zero-order valence-electron chi connectivity index (χ0n) is 14.0. The molecule has 1 N–H and O–H groups in total. The number of sulfonamides is 1. The summed E-state index contributed by atoms with van der Waals surface area (Å²) in [5, 5.41) is -0.249. The van der Waals surface area contributed by atoms with Crippen molar-refractivity contribution < 1.29 is 17.6 Å². The Hall–Kier alpha value is -2.16. The molecule has 0 spiro atoms. The van der Waals surface area contributed by atoms with Gasteiger partial charge in [-0.05, 0) is 24.7 Å². The van der Waals surface area contributed by atoms with Gasteiger partial charge < -0.3 is 9.32 Å². The maximum Gasteiger partial charge on any atom is 0.289 e. The van der Waals surface area contributed by atoms with E-state index in [-0.39, 0.29) is 16.8 Å². The number of furan rings is 1. The molecule has 0 atom stereocenters. The zero-order valence-corrected chi connectivity index (χ0v) is 14.8. The number of carbonyl (C=O) groups is 1. The van der Waals surface area contributed by atoms with Crippen LogP contribution in [-0.2, 0) is 16.6 Å². The van der Waals surface area contributed by atoms with Crippen molar-refractivity contribution in [3.63, 3.8) is 0 Å². The van der Waals surface area contributed by atoms with Gasteiger partial charge in [-0.25, -0.2) is 13.1 Å².